The lowest BCUT2D eigenvalue weighted by molar-refractivity contribution is -0.123. The Kier molecular flexibility index (Phi) is 1.46. The van der Waals surface area contributed by atoms with Gasteiger partial charge in [-0.3, -0.25) is 0 Å². The Balaban J connectivity index is 2.01. The maximum atomic E-state index is 5.38. The second-order valence-corrected chi connectivity index (χ2v) is 3.53. The summed E-state index contributed by atoms with van der Waals surface area (Å²) in [6.07, 6.45) is 3.26. The van der Waals surface area contributed by atoms with Crippen molar-refractivity contribution >= 4 is 0 Å². The van der Waals surface area contributed by atoms with Gasteiger partial charge >= 0.3 is 0 Å². The van der Waals surface area contributed by atoms with Crippen LogP contribution in [0.25, 0.3) is 0 Å². The SMILES string of the molecule is COC1C2CCN(C)C1C2. The molecule has 3 atom stereocenters. The average molecular weight is 141 g/mol. The van der Waals surface area contributed by atoms with E-state index in [1.165, 1.54) is 19.4 Å². The largest absolute Gasteiger partial charge is 0.380 e. The number of ether oxygens (including phenoxy) is 1. The highest BCUT2D eigenvalue weighted by molar-refractivity contribution is 5.00. The summed E-state index contributed by atoms with van der Waals surface area (Å²) in [6, 6.07) is 0.740. The Labute approximate surface area is 62.2 Å². The molecule has 0 aromatic rings. The molecule has 10 heavy (non-hydrogen) atoms. The minimum atomic E-state index is 0.554. The monoisotopic (exact) mass is 141 g/mol. The van der Waals surface area contributed by atoms with Crippen LogP contribution < -0.4 is 0 Å². The molecule has 2 saturated heterocycles. The zero-order valence-electron chi connectivity index (χ0n) is 6.71. The standard InChI is InChI=1S/C8H15NO/c1-9-4-3-6-5-7(9)8(6)10-2/h6-8H,3-5H2,1-2H3. The maximum absolute atomic E-state index is 5.38. The molecule has 0 radical (unpaired) electrons. The number of methoxy groups -OCH3 is 1. The summed E-state index contributed by atoms with van der Waals surface area (Å²) in [7, 11) is 4.04. The minimum Gasteiger partial charge on any atom is -0.380 e. The Bertz CT molecular complexity index is 133. The number of nitrogens with zero attached hydrogens (tertiary/aromatic N) is 1. The van der Waals surface area contributed by atoms with Crippen LogP contribution in [-0.4, -0.2) is 37.7 Å². The molecule has 3 aliphatic rings. The summed E-state index contributed by atoms with van der Waals surface area (Å²) in [4.78, 5) is 2.42. The molecule has 1 saturated carbocycles. The molecule has 0 aromatic carbocycles. The molecule has 2 bridgehead atoms. The summed E-state index contributed by atoms with van der Waals surface area (Å²) in [5.74, 6) is 0.881. The molecule has 2 nitrogen and oxygen atoms in total. The second-order valence-electron chi connectivity index (χ2n) is 3.53. The van der Waals surface area contributed by atoms with Gasteiger partial charge in [-0.05, 0) is 32.4 Å². The van der Waals surface area contributed by atoms with Crippen molar-refractivity contribution in [2.45, 2.75) is 25.0 Å². The van der Waals surface area contributed by atoms with Gasteiger partial charge in [0.2, 0.25) is 0 Å². The molecule has 3 rings (SSSR count). The van der Waals surface area contributed by atoms with Crippen LogP contribution >= 0.6 is 0 Å². The van der Waals surface area contributed by atoms with Crippen molar-refractivity contribution in [3.8, 4) is 0 Å². The zero-order valence-corrected chi connectivity index (χ0v) is 6.71. The third kappa shape index (κ3) is 0.722. The van der Waals surface area contributed by atoms with Gasteiger partial charge in [0.25, 0.3) is 0 Å². The van der Waals surface area contributed by atoms with E-state index in [4.69, 9.17) is 4.74 Å². The quantitative estimate of drug-likeness (QED) is 0.533. The zero-order chi connectivity index (χ0) is 7.14. The third-order valence-corrected chi connectivity index (χ3v) is 3.08. The third-order valence-electron chi connectivity index (χ3n) is 3.08. The molecule has 0 N–H and O–H groups in total. The fraction of sp³-hybridized carbons (Fsp3) is 1.00. The van der Waals surface area contributed by atoms with Crippen molar-refractivity contribution in [2.24, 2.45) is 5.92 Å². The van der Waals surface area contributed by atoms with Crippen LogP contribution in [0, 0.1) is 5.92 Å². The number of hydrogen-bond donors (Lipinski definition) is 0. The van der Waals surface area contributed by atoms with Gasteiger partial charge < -0.3 is 9.64 Å². The van der Waals surface area contributed by atoms with Gasteiger partial charge in [0.05, 0.1) is 6.10 Å². The van der Waals surface area contributed by atoms with Crippen LogP contribution in [0.15, 0.2) is 0 Å². The van der Waals surface area contributed by atoms with Crippen LogP contribution in [0.1, 0.15) is 12.8 Å². The Morgan fingerprint density at radius 2 is 2.30 bits per heavy atom. The van der Waals surface area contributed by atoms with Gasteiger partial charge in [0.15, 0.2) is 0 Å². The number of rotatable bonds is 1. The number of likely N-dealkylation sites (N-methyl/N-ethyl adjacent to an activating group) is 1. The van der Waals surface area contributed by atoms with Gasteiger partial charge in [0, 0.05) is 13.2 Å². The lowest BCUT2D eigenvalue weighted by Crippen LogP contribution is -2.61. The molecule has 3 fully saturated rings. The molecule has 2 heteroatoms. The lowest BCUT2D eigenvalue weighted by atomic mass is 9.71. The first kappa shape index (κ1) is 6.62. The molecule has 0 aromatic heterocycles. The first-order valence-corrected chi connectivity index (χ1v) is 4.06. The first-order chi connectivity index (χ1) is 4.83. The normalized spacial score (nSPS) is 46.8. The molecular weight excluding hydrogens is 126 g/mol. The molecule has 2 heterocycles. The lowest BCUT2D eigenvalue weighted by Gasteiger charge is -2.53. The van der Waals surface area contributed by atoms with Crippen molar-refractivity contribution in [2.75, 3.05) is 20.7 Å². The molecule has 2 aliphatic heterocycles. The van der Waals surface area contributed by atoms with E-state index >= 15 is 0 Å². The predicted molar refractivity (Wildman–Crippen MR) is 39.9 cm³/mol. The summed E-state index contributed by atoms with van der Waals surface area (Å²) >= 11 is 0. The highest BCUT2D eigenvalue weighted by Crippen LogP contribution is 2.40. The Morgan fingerprint density at radius 3 is 2.70 bits per heavy atom. The van der Waals surface area contributed by atoms with Crippen LogP contribution in [-0.2, 0) is 4.74 Å². The van der Waals surface area contributed by atoms with Crippen molar-refractivity contribution < 1.29 is 4.74 Å². The fourth-order valence-electron chi connectivity index (χ4n) is 2.29. The van der Waals surface area contributed by atoms with Gasteiger partial charge in [-0.15, -0.1) is 0 Å². The van der Waals surface area contributed by atoms with E-state index in [0.717, 1.165) is 12.0 Å². The molecule has 3 unspecified atom stereocenters. The van der Waals surface area contributed by atoms with Crippen LogP contribution in [0.5, 0.6) is 0 Å². The first-order valence-electron chi connectivity index (χ1n) is 4.06. The summed E-state index contributed by atoms with van der Waals surface area (Å²) in [5.41, 5.74) is 0. The second kappa shape index (κ2) is 2.21. The van der Waals surface area contributed by atoms with Crippen molar-refractivity contribution in [3.63, 3.8) is 0 Å². The minimum absolute atomic E-state index is 0.554. The van der Waals surface area contributed by atoms with Gasteiger partial charge in [0.1, 0.15) is 0 Å². The van der Waals surface area contributed by atoms with Crippen LogP contribution in [0.2, 0.25) is 0 Å². The van der Waals surface area contributed by atoms with Gasteiger partial charge in [-0.25, -0.2) is 0 Å². The molecule has 0 amide bonds. The topological polar surface area (TPSA) is 12.5 Å². The van der Waals surface area contributed by atoms with Gasteiger partial charge in [-0.2, -0.15) is 0 Å². The summed E-state index contributed by atoms with van der Waals surface area (Å²) in [5, 5.41) is 0. The average Bonchev–Trinajstić information content (AvgIpc) is 1.87. The number of fused-ring (bicyclic) bond motifs is 2. The Hall–Kier alpha value is -0.0800. The number of piperidine rings is 2. The molecule has 58 valence electrons. The van der Waals surface area contributed by atoms with E-state index in [1.807, 2.05) is 7.11 Å². The van der Waals surface area contributed by atoms with Crippen LogP contribution in [0.4, 0.5) is 0 Å². The molecular formula is C8H15NO. The Morgan fingerprint density at radius 1 is 1.50 bits per heavy atom. The van der Waals surface area contributed by atoms with Gasteiger partial charge in [-0.1, -0.05) is 0 Å². The van der Waals surface area contributed by atoms with Crippen molar-refractivity contribution in [1.29, 1.82) is 0 Å². The summed E-state index contributed by atoms with van der Waals surface area (Å²) in [6.45, 7) is 1.27. The van der Waals surface area contributed by atoms with E-state index in [-0.39, 0.29) is 0 Å². The molecule has 1 aliphatic carbocycles. The highest BCUT2D eigenvalue weighted by Gasteiger charge is 2.46. The van der Waals surface area contributed by atoms with E-state index < -0.39 is 0 Å². The smallest absolute Gasteiger partial charge is 0.0755 e. The summed E-state index contributed by atoms with van der Waals surface area (Å²) < 4.78 is 5.38. The van der Waals surface area contributed by atoms with E-state index in [1.54, 1.807) is 0 Å². The predicted octanol–water partition coefficient (Wildman–Crippen LogP) is 0.725. The van der Waals surface area contributed by atoms with Crippen molar-refractivity contribution in [1.82, 2.24) is 4.90 Å². The maximum Gasteiger partial charge on any atom is 0.0755 e. The molecule has 0 spiro atoms. The number of hydrogen-bond acceptors (Lipinski definition) is 2. The fourth-order valence-corrected chi connectivity index (χ4v) is 2.29. The van der Waals surface area contributed by atoms with Crippen LogP contribution in [0.3, 0.4) is 0 Å². The van der Waals surface area contributed by atoms with E-state index in [2.05, 4.69) is 11.9 Å². The van der Waals surface area contributed by atoms with E-state index in [9.17, 15) is 0 Å². The highest BCUT2D eigenvalue weighted by atomic mass is 16.5. The van der Waals surface area contributed by atoms with E-state index in [0.29, 0.717) is 6.10 Å². The van der Waals surface area contributed by atoms with Crippen molar-refractivity contribution in [3.05, 3.63) is 0 Å².